The summed E-state index contributed by atoms with van der Waals surface area (Å²) in [7, 11) is 0. The van der Waals surface area contributed by atoms with Crippen LogP contribution in [0.3, 0.4) is 0 Å². The van der Waals surface area contributed by atoms with E-state index in [2.05, 4.69) is 10.1 Å². The van der Waals surface area contributed by atoms with E-state index in [9.17, 15) is 14.4 Å². The minimum Gasteiger partial charge on any atom is -0.392 e. The minimum absolute atomic E-state index is 0.0702. The third-order valence-corrected chi connectivity index (χ3v) is 7.38. The Morgan fingerprint density at radius 1 is 1.02 bits per heavy atom. The summed E-state index contributed by atoms with van der Waals surface area (Å²) >= 11 is 0. The first kappa shape index (κ1) is 25.5. The number of carbonyl (C=O) groups is 1. The fourth-order valence-corrected chi connectivity index (χ4v) is 5.21. The lowest BCUT2D eigenvalue weighted by Gasteiger charge is -2.14. The zero-order valence-electron chi connectivity index (χ0n) is 22.7. The van der Waals surface area contributed by atoms with Crippen LogP contribution in [0.1, 0.15) is 51.8 Å². The molecule has 0 saturated heterocycles. The summed E-state index contributed by atoms with van der Waals surface area (Å²) in [6.45, 7) is 3.81. The van der Waals surface area contributed by atoms with Gasteiger partial charge in [-0.25, -0.2) is 19.4 Å². The molecule has 7 rings (SSSR count). The summed E-state index contributed by atoms with van der Waals surface area (Å²) in [5.41, 5.74) is 5.92. The summed E-state index contributed by atoms with van der Waals surface area (Å²) in [5.74, 6) is -1.04. The van der Waals surface area contributed by atoms with E-state index in [0.29, 0.717) is 29.0 Å². The van der Waals surface area contributed by atoms with Crippen molar-refractivity contribution in [3.63, 3.8) is 0 Å². The molecule has 0 bridgehead atoms. The quantitative estimate of drug-likeness (QED) is 0.253. The predicted octanol–water partition coefficient (Wildman–Crippen LogP) is 5.35. The van der Waals surface area contributed by atoms with Crippen LogP contribution in [0.2, 0.25) is 0 Å². The molecule has 0 aliphatic heterocycles. The van der Waals surface area contributed by atoms with Gasteiger partial charge in [-0.2, -0.15) is 0 Å². The van der Waals surface area contributed by atoms with Gasteiger partial charge in [-0.15, -0.1) is 0 Å². The van der Waals surface area contributed by atoms with E-state index in [1.807, 2.05) is 66.1 Å². The number of rotatable bonds is 7. The number of H-pyrrole nitrogens is 1. The first-order valence-electron chi connectivity index (χ1n) is 13.4. The number of nitrogens with one attached hydrogen (secondary N) is 1. The Kier molecular flexibility index (Phi) is 6.00. The molecule has 1 fully saturated rings. The van der Waals surface area contributed by atoms with Gasteiger partial charge in [0.05, 0.1) is 16.6 Å². The number of imidazole rings is 1. The van der Waals surface area contributed by atoms with Crippen LogP contribution in [0.5, 0.6) is 5.95 Å². The van der Waals surface area contributed by atoms with Gasteiger partial charge in [0.25, 0.3) is 0 Å². The van der Waals surface area contributed by atoms with E-state index in [1.165, 1.54) is 6.92 Å². The lowest BCUT2D eigenvalue weighted by molar-refractivity contribution is 0.0691. The van der Waals surface area contributed by atoms with Crippen LogP contribution in [0.25, 0.3) is 33.5 Å². The molecule has 0 radical (unpaired) electrons. The summed E-state index contributed by atoms with van der Waals surface area (Å²) in [6.07, 6.45) is 2.00. The van der Waals surface area contributed by atoms with Gasteiger partial charge in [0.2, 0.25) is 0 Å². The second-order valence-electron chi connectivity index (χ2n) is 10.3. The number of benzene rings is 3. The van der Waals surface area contributed by atoms with Gasteiger partial charge in [-0.1, -0.05) is 53.7 Å². The van der Waals surface area contributed by atoms with Gasteiger partial charge < -0.3 is 18.1 Å². The second kappa shape index (κ2) is 9.88. The van der Waals surface area contributed by atoms with Crippen molar-refractivity contribution >= 4 is 17.0 Å². The average Bonchev–Trinajstić information content (AvgIpc) is 3.50. The lowest BCUT2D eigenvalue weighted by atomic mass is 9.97. The zero-order valence-corrected chi connectivity index (χ0v) is 22.7. The van der Waals surface area contributed by atoms with E-state index >= 15 is 0 Å². The topological polar surface area (TPSA) is 146 Å². The number of aryl methyl sites for hydroxylation is 2. The van der Waals surface area contributed by atoms with Crippen molar-refractivity contribution in [3.05, 3.63) is 110 Å². The number of aromatic nitrogens is 4. The Labute approximate surface area is 237 Å². The molecule has 0 amide bonds. The highest BCUT2D eigenvalue weighted by molar-refractivity contribution is 6.04. The van der Waals surface area contributed by atoms with Crippen LogP contribution in [-0.4, -0.2) is 25.7 Å². The molecule has 42 heavy (non-hydrogen) atoms. The van der Waals surface area contributed by atoms with Crippen LogP contribution >= 0.6 is 0 Å². The second-order valence-corrected chi connectivity index (χ2v) is 10.3. The molecule has 210 valence electrons. The first-order chi connectivity index (χ1) is 20.4. The molecule has 1 saturated carbocycles. The maximum atomic E-state index is 13.4. The first-order valence-corrected chi connectivity index (χ1v) is 13.4. The Bertz CT molecular complexity index is 2090. The Balaban J connectivity index is 1.36. The number of fused-ring (bicyclic) bond motifs is 1. The fourth-order valence-electron chi connectivity index (χ4n) is 5.21. The smallest absolute Gasteiger partial charge is 0.392 e. The summed E-state index contributed by atoms with van der Waals surface area (Å²) in [4.78, 5) is 44.4. The lowest BCUT2D eigenvalue weighted by Crippen LogP contribution is -2.13. The number of esters is 1. The summed E-state index contributed by atoms with van der Waals surface area (Å²) < 4.78 is 22.1. The van der Waals surface area contributed by atoms with Crippen molar-refractivity contribution < 1.29 is 22.9 Å². The van der Waals surface area contributed by atoms with Crippen molar-refractivity contribution in [2.75, 3.05) is 0 Å². The molecule has 6 aromatic rings. The maximum Gasteiger partial charge on any atom is 0.521 e. The van der Waals surface area contributed by atoms with Gasteiger partial charge >= 0.3 is 23.5 Å². The molecule has 0 spiro atoms. The molecular weight excluding hydrogens is 540 g/mol. The molecule has 1 aliphatic carbocycles. The molecular formula is C31H24N4O7. The number of hydrogen-bond donors (Lipinski definition) is 1. The highest BCUT2D eigenvalue weighted by Crippen LogP contribution is 2.42. The largest absolute Gasteiger partial charge is 0.521 e. The van der Waals surface area contributed by atoms with Crippen LogP contribution in [0.15, 0.2) is 83.6 Å². The number of aromatic amines is 1. The SMILES string of the molecule is Cc1oc(=O)oc1OC(=O)c1ccc(C)c2nc(C3CC3)n(Cc3ccc(-c4ccccc4)c(-c4noc(=O)[nH]4)c3)c12. The molecule has 0 unspecified atom stereocenters. The molecule has 11 nitrogen and oxygen atoms in total. The molecule has 1 aliphatic rings. The van der Waals surface area contributed by atoms with Crippen molar-refractivity contribution in [1.82, 2.24) is 19.7 Å². The molecule has 3 aromatic carbocycles. The molecule has 0 atom stereocenters. The highest BCUT2D eigenvalue weighted by Gasteiger charge is 2.32. The number of ether oxygens (including phenoxy) is 1. The highest BCUT2D eigenvalue weighted by atomic mass is 16.7. The average molecular weight is 565 g/mol. The van der Waals surface area contributed by atoms with E-state index in [-0.39, 0.29) is 23.2 Å². The van der Waals surface area contributed by atoms with E-state index in [1.54, 1.807) is 6.07 Å². The van der Waals surface area contributed by atoms with Gasteiger partial charge in [0.15, 0.2) is 11.6 Å². The molecule has 3 heterocycles. The van der Waals surface area contributed by atoms with Gasteiger partial charge in [0.1, 0.15) is 5.82 Å². The molecule has 11 heteroatoms. The fraction of sp³-hybridized carbons (Fsp3) is 0.194. The van der Waals surface area contributed by atoms with Crippen molar-refractivity contribution in [1.29, 1.82) is 0 Å². The predicted molar refractivity (Wildman–Crippen MR) is 150 cm³/mol. The van der Waals surface area contributed by atoms with Gasteiger partial charge in [-0.3, -0.25) is 9.51 Å². The molecule has 3 aromatic heterocycles. The Morgan fingerprint density at radius 2 is 1.83 bits per heavy atom. The van der Waals surface area contributed by atoms with Gasteiger partial charge in [-0.05, 0) is 54.2 Å². The van der Waals surface area contributed by atoms with Crippen LogP contribution in [0.4, 0.5) is 0 Å². The van der Waals surface area contributed by atoms with E-state index in [4.69, 9.17) is 23.1 Å². The van der Waals surface area contributed by atoms with Gasteiger partial charge in [0, 0.05) is 24.9 Å². The zero-order chi connectivity index (χ0) is 29.0. The normalized spacial score (nSPS) is 13.1. The minimum atomic E-state index is -0.950. The van der Waals surface area contributed by atoms with Crippen molar-refractivity contribution in [3.8, 4) is 28.5 Å². The summed E-state index contributed by atoms with van der Waals surface area (Å²) in [5, 5.41) is 3.95. The van der Waals surface area contributed by atoms with E-state index in [0.717, 1.165) is 40.9 Å². The third kappa shape index (κ3) is 4.54. The van der Waals surface area contributed by atoms with Crippen LogP contribution < -0.4 is 16.3 Å². The van der Waals surface area contributed by atoms with Crippen LogP contribution in [0, 0.1) is 13.8 Å². The Hall–Kier alpha value is -5.45. The molecule has 1 N–H and O–H groups in total. The standard InChI is InChI=1S/C31H24N4O7/c1-16-8-12-22(28(36)40-29-17(2)39-31(38)41-29)25-24(16)32-27(20-10-11-20)35(25)15-18-9-13-21(19-6-4-3-5-7-19)23(14-18)26-33-30(37)42-34-26/h3-9,12-14,20H,10-11,15H2,1-2H3,(H,33,34,37). The van der Waals surface area contributed by atoms with Crippen molar-refractivity contribution in [2.24, 2.45) is 0 Å². The number of nitrogens with zero attached hydrogens (tertiary/aromatic N) is 3. The maximum absolute atomic E-state index is 13.4. The van der Waals surface area contributed by atoms with Crippen molar-refractivity contribution in [2.45, 2.75) is 39.2 Å². The third-order valence-electron chi connectivity index (χ3n) is 7.38. The monoisotopic (exact) mass is 564 g/mol. The van der Waals surface area contributed by atoms with Crippen LogP contribution in [-0.2, 0) is 6.54 Å². The van der Waals surface area contributed by atoms with E-state index < -0.39 is 17.5 Å². The number of carbonyl (C=O) groups excluding carboxylic acids is 1. The Morgan fingerprint density at radius 3 is 2.52 bits per heavy atom. The number of hydrogen-bond acceptors (Lipinski definition) is 9. The summed E-state index contributed by atoms with van der Waals surface area (Å²) in [6, 6.07) is 19.2.